The monoisotopic (exact) mass is 382 g/mol. The lowest BCUT2D eigenvalue weighted by Crippen LogP contribution is -2.02. The molecule has 0 rings (SSSR count). The molecule has 0 aliphatic rings. The number of ether oxygens (including phenoxy) is 1. The molecular weight excluding hydrogens is 332 g/mol. The van der Waals surface area contributed by atoms with E-state index in [2.05, 4.69) is 27.7 Å². The van der Waals surface area contributed by atoms with Gasteiger partial charge in [0.25, 0.3) is 0 Å². The van der Waals surface area contributed by atoms with E-state index in [0.29, 0.717) is 5.92 Å². The van der Waals surface area contributed by atoms with E-state index in [-0.39, 0.29) is 0 Å². The first kappa shape index (κ1) is 26.6. The van der Waals surface area contributed by atoms with Crippen LogP contribution in [-0.2, 0) is 9.53 Å². The average molecular weight is 383 g/mol. The van der Waals surface area contributed by atoms with Crippen molar-refractivity contribution in [2.24, 2.45) is 23.7 Å². The van der Waals surface area contributed by atoms with Crippen molar-refractivity contribution in [2.75, 3.05) is 13.7 Å². The summed E-state index contributed by atoms with van der Waals surface area (Å²) in [5.41, 5.74) is 0. The van der Waals surface area contributed by atoms with Crippen molar-refractivity contribution in [2.45, 2.75) is 118 Å². The van der Waals surface area contributed by atoms with Crippen molar-refractivity contribution in [3.63, 3.8) is 0 Å². The maximum absolute atomic E-state index is 10.4. The van der Waals surface area contributed by atoms with Gasteiger partial charge in [-0.2, -0.15) is 0 Å². The summed E-state index contributed by atoms with van der Waals surface area (Å²) >= 11 is 0. The number of methoxy groups -OCH3 is 1. The number of rotatable bonds is 20. The van der Waals surface area contributed by atoms with E-state index in [1.165, 1.54) is 77.0 Å². The van der Waals surface area contributed by atoms with Crippen LogP contribution in [0.2, 0.25) is 0 Å². The van der Waals surface area contributed by atoms with Gasteiger partial charge in [0.2, 0.25) is 0 Å². The normalized spacial score (nSPS) is 16.0. The molecule has 0 N–H and O–H groups in total. The molecule has 0 aromatic rings. The quantitative estimate of drug-likeness (QED) is 0.158. The summed E-state index contributed by atoms with van der Waals surface area (Å²) in [4.78, 5) is 10.4. The largest absolute Gasteiger partial charge is 0.385 e. The molecule has 0 heterocycles. The van der Waals surface area contributed by atoms with Crippen LogP contribution < -0.4 is 0 Å². The summed E-state index contributed by atoms with van der Waals surface area (Å²) in [7, 11) is 1.80. The average Bonchev–Trinajstić information content (AvgIpc) is 2.63. The topological polar surface area (TPSA) is 26.3 Å². The van der Waals surface area contributed by atoms with Gasteiger partial charge in [-0.05, 0) is 42.9 Å². The van der Waals surface area contributed by atoms with Gasteiger partial charge in [0.05, 0.1) is 0 Å². The van der Waals surface area contributed by atoms with Crippen LogP contribution in [-0.4, -0.2) is 20.0 Å². The molecule has 0 spiro atoms. The molecule has 0 aliphatic carbocycles. The van der Waals surface area contributed by atoms with E-state index < -0.39 is 0 Å². The molecule has 0 fully saturated rings. The lowest BCUT2D eigenvalue weighted by molar-refractivity contribution is -0.108. The van der Waals surface area contributed by atoms with Crippen LogP contribution in [0.3, 0.4) is 0 Å². The Hall–Kier alpha value is -0.370. The summed E-state index contributed by atoms with van der Waals surface area (Å²) in [5.74, 6) is 3.33. The molecular formula is C25H50O2. The Morgan fingerprint density at radius 2 is 0.963 bits per heavy atom. The Bertz CT molecular complexity index is 315. The zero-order valence-corrected chi connectivity index (χ0v) is 19.3. The van der Waals surface area contributed by atoms with Gasteiger partial charge in [0, 0.05) is 20.1 Å². The zero-order chi connectivity index (χ0) is 20.3. The van der Waals surface area contributed by atoms with Gasteiger partial charge in [-0.1, -0.05) is 91.9 Å². The second-order valence-electron chi connectivity index (χ2n) is 9.45. The molecule has 0 radical (unpaired) electrons. The minimum atomic E-state index is 0.714. The van der Waals surface area contributed by atoms with Gasteiger partial charge in [0.15, 0.2) is 0 Å². The molecule has 0 aromatic heterocycles. The van der Waals surface area contributed by atoms with E-state index in [1.54, 1.807) is 7.11 Å². The van der Waals surface area contributed by atoms with E-state index in [0.717, 1.165) is 43.5 Å². The number of hydrogen-bond acceptors (Lipinski definition) is 2. The molecule has 0 amide bonds. The molecule has 0 aromatic carbocycles. The minimum Gasteiger partial charge on any atom is -0.385 e. The SMILES string of the molecule is COCCCC(C)CCCC(C)CCCCC(C)CCCC(C)CCC=O. The summed E-state index contributed by atoms with van der Waals surface area (Å²) in [6.45, 7) is 10.5. The van der Waals surface area contributed by atoms with Crippen molar-refractivity contribution < 1.29 is 9.53 Å². The highest BCUT2D eigenvalue weighted by Gasteiger charge is 2.08. The predicted octanol–water partition coefficient (Wildman–Crippen LogP) is 7.84. The Morgan fingerprint density at radius 3 is 1.37 bits per heavy atom. The maximum atomic E-state index is 10.4. The smallest absolute Gasteiger partial charge is 0.120 e. The van der Waals surface area contributed by atoms with Crippen molar-refractivity contribution >= 4 is 6.29 Å². The summed E-state index contributed by atoms with van der Waals surface area (Å²) in [6.07, 6.45) is 19.2. The highest BCUT2D eigenvalue weighted by Crippen LogP contribution is 2.23. The third kappa shape index (κ3) is 18.7. The Kier molecular flexibility index (Phi) is 18.7. The number of carbonyl (C=O) groups is 1. The fourth-order valence-electron chi connectivity index (χ4n) is 4.12. The first-order chi connectivity index (χ1) is 13.0. The van der Waals surface area contributed by atoms with Crippen LogP contribution in [0.5, 0.6) is 0 Å². The lowest BCUT2D eigenvalue weighted by atomic mass is 9.91. The molecule has 2 nitrogen and oxygen atoms in total. The fraction of sp³-hybridized carbons (Fsp3) is 0.960. The molecule has 162 valence electrons. The molecule has 27 heavy (non-hydrogen) atoms. The molecule has 4 unspecified atom stereocenters. The highest BCUT2D eigenvalue weighted by atomic mass is 16.5. The summed E-state index contributed by atoms with van der Waals surface area (Å²) in [5, 5.41) is 0. The van der Waals surface area contributed by atoms with Crippen LogP contribution in [0.25, 0.3) is 0 Å². The molecule has 0 saturated heterocycles. The van der Waals surface area contributed by atoms with Crippen LogP contribution in [0.4, 0.5) is 0 Å². The van der Waals surface area contributed by atoms with Crippen molar-refractivity contribution in [3.8, 4) is 0 Å². The van der Waals surface area contributed by atoms with Gasteiger partial charge in [-0.3, -0.25) is 0 Å². The van der Waals surface area contributed by atoms with Gasteiger partial charge >= 0.3 is 0 Å². The van der Waals surface area contributed by atoms with E-state index >= 15 is 0 Å². The predicted molar refractivity (Wildman–Crippen MR) is 119 cm³/mol. The molecule has 2 heteroatoms. The summed E-state index contributed by atoms with van der Waals surface area (Å²) in [6, 6.07) is 0. The lowest BCUT2D eigenvalue weighted by Gasteiger charge is -2.16. The van der Waals surface area contributed by atoms with E-state index in [1.807, 2.05) is 0 Å². The Morgan fingerprint density at radius 1 is 0.593 bits per heavy atom. The highest BCUT2D eigenvalue weighted by molar-refractivity contribution is 5.49. The van der Waals surface area contributed by atoms with Crippen LogP contribution in [0.15, 0.2) is 0 Å². The van der Waals surface area contributed by atoms with Crippen molar-refractivity contribution in [1.29, 1.82) is 0 Å². The van der Waals surface area contributed by atoms with Crippen molar-refractivity contribution in [1.82, 2.24) is 0 Å². The van der Waals surface area contributed by atoms with E-state index in [9.17, 15) is 4.79 Å². The number of carbonyl (C=O) groups excluding carboxylic acids is 1. The zero-order valence-electron chi connectivity index (χ0n) is 19.3. The van der Waals surface area contributed by atoms with Gasteiger partial charge < -0.3 is 9.53 Å². The van der Waals surface area contributed by atoms with E-state index in [4.69, 9.17) is 4.74 Å². The second kappa shape index (κ2) is 19.0. The molecule has 0 bridgehead atoms. The summed E-state index contributed by atoms with van der Waals surface area (Å²) < 4.78 is 5.14. The van der Waals surface area contributed by atoms with Crippen LogP contribution in [0, 0.1) is 23.7 Å². The number of unbranched alkanes of at least 4 members (excludes halogenated alkanes) is 1. The molecule has 0 aliphatic heterocycles. The van der Waals surface area contributed by atoms with Gasteiger partial charge in [-0.25, -0.2) is 0 Å². The van der Waals surface area contributed by atoms with Gasteiger partial charge in [-0.15, -0.1) is 0 Å². The Balaban J connectivity index is 3.50. The fourth-order valence-corrected chi connectivity index (χ4v) is 4.12. The van der Waals surface area contributed by atoms with Gasteiger partial charge in [0.1, 0.15) is 6.29 Å². The third-order valence-corrected chi connectivity index (χ3v) is 6.25. The minimum absolute atomic E-state index is 0.714. The standard InChI is InChI=1S/C25H50O2/c1-22(14-8-16-24(3)18-10-20-26)12-6-7-13-23(2)15-9-17-25(4)19-11-21-27-5/h20,22-25H,6-19,21H2,1-5H3. The number of aldehydes is 1. The Labute approximate surface area is 171 Å². The maximum Gasteiger partial charge on any atom is 0.120 e. The molecule has 4 atom stereocenters. The van der Waals surface area contributed by atoms with Crippen LogP contribution in [0.1, 0.15) is 118 Å². The third-order valence-electron chi connectivity index (χ3n) is 6.25. The van der Waals surface area contributed by atoms with Crippen LogP contribution >= 0.6 is 0 Å². The number of hydrogen-bond donors (Lipinski definition) is 0. The first-order valence-corrected chi connectivity index (χ1v) is 11.9. The molecule has 0 saturated carbocycles. The first-order valence-electron chi connectivity index (χ1n) is 11.9. The second-order valence-corrected chi connectivity index (χ2v) is 9.45. The van der Waals surface area contributed by atoms with Crippen molar-refractivity contribution in [3.05, 3.63) is 0 Å².